The Hall–Kier alpha value is -2.34. The van der Waals surface area contributed by atoms with Crippen molar-refractivity contribution in [2.75, 3.05) is 0 Å². The van der Waals surface area contributed by atoms with Gasteiger partial charge >= 0.3 is 0 Å². The Balaban J connectivity index is 2.96. The molecule has 0 amide bonds. The van der Waals surface area contributed by atoms with Crippen LogP contribution in [-0.4, -0.2) is 0 Å². The van der Waals surface area contributed by atoms with Crippen LogP contribution in [0.5, 0.6) is 0 Å². The van der Waals surface area contributed by atoms with Crippen LogP contribution in [0.4, 0.5) is 0 Å². The van der Waals surface area contributed by atoms with Crippen LogP contribution in [0.2, 0.25) is 0 Å². The fourth-order valence-electron chi connectivity index (χ4n) is 4.48. The third kappa shape index (κ3) is 2.06. The average molecular weight is 316 g/mol. The van der Waals surface area contributed by atoms with Gasteiger partial charge in [0.15, 0.2) is 0 Å². The highest BCUT2D eigenvalue weighted by molar-refractivity contribution is 5.74. The zero-order chi connectivity index (χ0) is 18.1. The fraction of sp³-hybridized carbons (Fsp3) is 0.250. The van der Waals surface area contributed by atoms with Gasteiger partial charge in [0.05, 0.1) is 5.41 Å². The first kappa shape index (κ1) is 18.0. The van der Waals surface area contributed by atoms with Crippen LogP contribution in [0, 0.1) is 11.3 Å². The molecule has 0 nitrogen and oxygen atoms in total. The molecular formula is C24H28. The summed E-state index contributed by atoms with van der Waals surface area (Å²) >= 11 is 0. The summed E-state index contributed by atoms with van der Waals surface area (Å²) in [6, 6.07) is 0. The summed E-state index contributed by atoms with van der Waals surface area (Å²) in [6.07, 6.45) is 13.0. The van der Waals surface area contributed by atoms with Gasteiger partial charge in [0.2, 0.25) is 0 Å². The Morgan fingerprint density at radius 2 is 1.67 bits per heavy atom. The van der Waals surface area contributed by atoms with Crippen LogP contribution in [0.25, 0.3) is 0 Å². The Labute approximate surface area is 147 Å². The van der Waals surface area contributed by atoms with E-state index >= 15 is 0 Å². The topological polar surface area (TPSA) is 0 Å². The van der Waals surface area contributed by atoms with Crippen molar-refractivity contribution in [1.82, 2.24) is 0 Å². The summed E-state index contributed by atoms with van der Waals surface area (Å²) in [6.45, 7) is 27.2. The monoisotopic (exact) mass is 316 g/mol. The highest BCUT2D eigenvalue weighted by Gasteiger charge is 2.53. The SMILES string of the molecule is C=CC[C@H]1C(=C)C2(C(C)=C(C)C(C=C)=C2C=C)C(/C=C\C)=C1C=C. The van der Waals surface area contributed by atoms with E-state index in [-0.39, 0.29) is 11.3 Å². The van der Waals surface area contributed by atoms with E-state index in [0.717, 1.165) is 6.42 Å². The van der Waals surface area contributed by atoms with Crippen LogP contribution < -0.4 is 0 Å². The standard InChI is InChI=1S/C24H28/c1-9-14-21-18(8)24(23(15-10-2)20(21)12-4)17(7)16(6)19(11-3)22(24)13-5/h9-13,15,21H,1,3-5,8,14H2,2,6-7H3/b15-10-/t21-,24?/m0/s1. The number of hydrogen-bond acceptors (Lipinski definition) is 0. The molecule has 0 saturated carbocycles. The molecule has 0 bridgehead atoms. The van der Waals surface area contributed by atoms with Gasteiger partial charge in [-0.3, -0.25) is 0 Å². The Bertz CT molecular complexity index is 758. The van der Waals surface area contributed by atoms with Crippen LogP contribution in [-0.2, 0) is 0 Å². The van der Waals surface area contributed by atoms with Crippen molar-refractivity contribution in [1.29, 1.82) is 0 Å². The lowest BCUT2D eigenvalue weighted by Crippen LogP contribution is -2.25. The molecule has 24 heavy (non-hydrogen) atoms. The third-order valence-corrected chi connectivity index (χ3v) is 5.58. The van der Waals surface area contributed by atoms with E-state index in [2.05, 4.69) is 65.8 Å². The molecule has 1 spiro atoms. The first-order valence-electron chi connectivity index (χ1n) is 8.45. The minimum atomic E-state index is -0.320. The summed E-state index contributed by atoms with van der Waals surface area (Å²) in [5.74, 6) is 0.230. The Morgan fingerprint density at radius 1 is 1.00 bits per heavy atom. The summed E-state index contributed by atoms with van der Waals surface area (Å²) < 4.78 is 0. The van der Waals surface area contributed by atoms with E-state index in [9.17, 15) is 0 Å². The molecule has 0 heterocycles. The molecule has 0 heteroatoms. The van der Waals surface area contributed by atoms with Crippen molar-refractivity contribution in [3.63, 3.8) is 0 Å². The Morgan fingerprint density at radius 3 is 2.12 bits per heavy atom. The van der Waals surface area contributed by atoms with Gasteiger partial charge in [0.25, 0.3) is 0 Å². The van der Waals surface area contributed by atoms with E-state index in [4.69, 9.17) is 0 Å². The van der Waals surface area contributed by atoms with Crippen molar-refractivity contribution >= 4 is 0 Å². The predicted molar refractivity (Wildman–Crippen MR) is 108 cm³/mol. The van der Waals surface area contributed by atoms with Gasteiger partial charge in [-0.05, 0) is 55.1 Å². The first-order valence-corrected chi connectivity index (χ1v) is 8.45. The molecule has 0 radical (unpaired) electrons. The second kappa shape index (κ2) is 6.65. The molecule has 0 fully saturated rings. The third-order valence-electron chi connectivity index (χ3n) is 5.58. The fourth-order valence-corrected chi connectivity index (χ4v) is 4.48. The summed E-state index contributed by atoms with van der Waals surface area (Å²) in [4.78, 5) is 0. The van der Waals surface area contributed by atoms with Gasteiger partial charge < -0.3 is 0 Å². The molecule has 2 aliphatic rings. The van der Waals surface area contributed by atoms with E-state index in [1.54, 1.807) is 0 Å². The maximum atomic E-state index is 4.55. The largest absolute Gasteiger partial charge is 0.103 e. The smallest absolute Gasteiger partial charge is 0.0636 e. The highest BCUT2D eigenvalue weighted by atomic mass is 14.5. The van der Waals surface area contributed by atoms with Crippen molar-refractivity contribution < 1.29 is 0 Å². The lowest BCUT2D eigenvalue weighted by atomic mass is 9.67. The van der Waals surface area contributed by atoms with Gasteiger partial charge in [-0.15, -0.1) is 6.58 Å². The van der Waals surface area contributed by atoms with Gasteiger partial charge in [-0.2, -0.15) is 0 Å². The molecule has 124 valence electrons. The van der Waals surface area contributed by atoms with Crippen LogP contribution >= 0.6 is 0 Å². The van der Waals surface area contributed by atoms with Crippen molar-refractivity contribution in [3.05, 3.63) is 108 Å². The minimum Gasteiger partial charge on any atom is -0.103 e. The van der Waals surface area contributed by atoms with E-state index < -0.39 is 0 Å². The van der Waals surface area contributed by atoms with Gasteiger partial charge in [-0.1, -0.05) is 73.9 Å². The van der Waals surface area contributed by atoms with Crippen LogP contribution in [0.1, 0.15) is 27.2 Å². The lowest BCUT2D eigenvalue weighted by Gasteiger charge is -2.34. The van der Waals surface area contributed by atoms with E-state index in [1.807, 2.05) is 24.3 Å². The number of rotatable bonds is 6. The molecule has 0 aliphatic heterocycles. The zero-order valence-corrected chi connectivity index (χ0v) is 15.3. The molecule has 0 aromatic heterocycles. The second-order valence-corrected chi connectivity index (χ2v) is 6.41. The molecule has 2 aliphatic carbocycles. The Kier molecular flexibility index (Phi) is 4.99. The molecule has 2 rings (SSSR count). The van der Waals surface area contributed by atoms with E-state index in [1.165, 1.54) is 39.0 Å². The predicted octanol–water partition coefficient (Wildman–Crippen LogP) is 6.81. The molecule has 0 aromatic rings. The van der Waals surface area contributed by atoms with Crippen LogP contribution in [0.15, 0.2) is 108 Å². The minimum absolute atomic E-state index is 0.230. The van der Waals surface area contributed by atoms with Gasteiger partial charge in [0, 0.05) is 5.92 Å². The van der Waals surface area contributed by atoms with Gasteiger partial charge in [0.1, 0.15) is 0 Å². The first-order chi connectivity index (χ1) is 11.5. The van der Waals surface area contributed by atoms with Crippen molar-refractivity contribution in [3.8, 4) is 0 Å². The molecule has 0 saturated heterocycles. The zero-order valence-electron chi connectivity index (χ0n) is 15.3. The molecule has 1 unspecified atom stereocenters. The van der Waals surface area contributed by atoms with Crippen LogP contribution in [0.3, 0.4) is 0 Å². The normalized spacial score (nSPS) is 27.0. The average Bonchev–Trinajstić information content (AvgIpc) is 2.94. The summed E-state index contributed by atoms with van der Waals surface area (Å²) in [5, 5.41) is 0. The maximum Gasteiger partial charge on any atom is 0.0636 e. The van der Waals surface area contributed by atoms with Gasteiger partial charge in [-0.25, -0.2) is 0 Å². The number of hydrogen-bond donors (Lipinski definition) is 0. The molecule has 0 aromatic carbocycles. The second-order valence-electron chi connectivity index (χ2n) is 6.41. The van der Waals surface area contributed by atoms with Crippen molar-refractivity contribution in [2.24, 2.45) is 11.3 Å². The van der Waals surface area contributed by atoms with Crippen molar-refractivity contribution in [2.45, 2.75) is 27.2 Å². The van der Waals surface area contributed by atoms with E-state index in [0.29, 0.717) is 0 Å². The maximum absolute atomic E-state index is 4.55. The summed E-state index contributed by atoms with van der Waals surface area (Å²) in [5.41, 5.74) is 8.33. The molecule has 2 atom stereocenters. The number of allylic oxidation sites excluding steroid dienone is 13. The highest BCUT2D eigenvalue weighted by Crippen LogP contribution is 2.64. The lowest BCUT2D eigenvalue weighted by molar-refractivity contribution is 0.611. The summed E-state index contributed by atoms with van der Waals surface area (Å²) in [7, 11) is 0. The quantitative estimate of drug-likeness (QED) is 0.472. The molecule has 0 N–H and O–H groups in total. The molecular weight excluding hydrogens is 288 g/mol.